The lowest BCUT2D eigenvalue weighted by Crippen LogP contribution is -2.33. The van der Waals surface area contributed by atoms with E-state index in [0.717, 1.165) is 11.4 Å². The average molecular weight is 250 g/mol. The van der Waals surface area contributed by atoms with Crippen molar-refractivity contribution >= 4 is 11.6 Å². The minimum Gasteiger partial charge on any atom is -0.493 e. The van der Waals surface area contributed by atoms with Gasteiger partial charge >= 0.3 is 0 Å². The number of hydrogen-bond acceptors (Lipinski definition) is 3. The van der Waals surface area contributed by atoms with Gasteiger partial charge in [-0.3, -0.25) is 4.79 Å². The Labute approximate surface area is 109 Å². The molecule has 0 aliphatic heterocycles. The molecule has 0 heterocycles. The largest absolute Gasteiger partial charge is 0.493 e. The predicted octanol–water partition coefficient (Wildman–Crippen LogP) is 1.90. The van der Waals surface area contributed by atoms with E-state index in [0.29, 0.717) is 19.1 Å². The summed E-state index contributed by atoms with van der Waals surface area (Å²) in [6.45, 7) is 5.26. The highest BCUT2D eigenvalue weighted by atomic mass is 16.5. The van der Waals surface area contributed by atoms with Crippen LogP contribution in [0, 0.1) is 5.92 Å². The van der Waals surface area contributed by atoms with Crippen LogP contribution >= 0.6 is 0 Å². The lowest BCUT2D eigenvalue weighted by Gasteiger charge is -2.17. The van der Waals surface area contributed by atoms with E-state index < -0.39 is 0 Å². The van der Waals surface area contributed by atoms with Crippen LogP contribution in [0.5, 0.6) is 5.75 Å². The van der Waals surface area contributed by atoms with E-state index in [2.05, 4.69) is 19.2 Å². The third-order valence-electron chi connectivity index (χ3n) is 2.51. The number of ether oxygens (including phenoxy) is 1. The van der Waals surface area contributed by atoms with Gasteiger partial charge in [0.25, 0.3) is 0 Å². The molecule has 4 heteroatoms. The summed E-state index contributed by atoms with van der Waals surface area (Å²) in [4.78, 5) is 13.3. The van der Waals surface area contributed by atoms with Crippen molar-refractivity contribution in [3.63, 3.8) is 0 Å². The molecule has 0 aliphatic carbocycles. The summed E-state index contributed by atoms with van der Waals surface area (Å²) in [5.41, 5.74) is 0.868. The fourth-order valence-corrected chi connectivity index (χ4v) is 1.44. The van der Waals surface area contributed by atoms with Gasteiger partial charge in [-0.25, -0.2) is 0 Å². The van der Waals surface area contributed by atoms with E-state index in [1.165, 1.54) is 0 Å². The molecule has 1 aromatic carbocycles. The van der Waals surface area contributed by atoms with Gasteiger partial charge in [0.1, 0.15) is 5.75 Å². The van der Waals surface area contributed by atoms with Crippen molar-refractivity contribution in [1.82, 2.24) is 5.32 Å². The summed E-state index contributed by atoms with van der Waals surface area (Å²) < 4.78 is 5.59. The molecule has 0 fully saturated rings. The van der Waals surface area contributed by atoms with E-state index in [1.807, 2.05) is 24.3 Å². The quantitative estimate of drug-likeness (QED) is 0.838. The van der Waals surface area contributed by atoms with E-state index >= 15 is 0 Å². The van der Waals surface area contributed by atoms with E-state index in [1.54, 1.807) is 19.0 Å². The first-order chi connectivity index (χ1) is 8.54. The Morgan fingerprint density at radius 2 is 1.94 bits per heavy atom. The van der Waals surface area contributed by atoms with Crippen molar-refractivity contribution in [2.75, 3.05) is 32.1 Å². The summed E-state index contributed by atoms with van der Waals surface area (Å²) in [6.07, 6.45) is 0. The number of anilines is 1. The summed E-state index contributed by atoms with van der Waals surface area (Å²) in [5.74, 6) is 1.37. The number of carbonyl (C=O) groups is 1. The molecular weight excluding hydrogens is 228 g/mol. The van der Waals surface area contributed by atoms with Gasteiger partial charge in [0.05, 0.1) is 13.2 Å². The van der Waals surface area contributed by atoms with Crippen LogP contribution in [-0.4, -0.2) is 33.2 Å². The number of rotatable bonds is 6. The van der Waals surface area contributed by atoms with Gasteiger partial charge in [0, 0.05) is 12.7 Å². The van der Waals surface area contributed by atoms with Crippen molar-refractivity contribution in [2.45, 2.75) is 13.8 Å². The minimum atomic E-state index is 0.0355. The zero-order valence-corrected chi connectivity index (χ0v) is 11.6. The molecule has 0 atom stereocenters. The number of likely N-dealkylation sites (N-methyl/N-ethyl adjacent to an activating group) is 2. The fourth-order valence-electron chi connectivity index (χ4n) is 1.44. The van der Waals surface area contributed by atoms with Crippen LogP contribution in [0.25, 0.3) is 0 Å². The molecule has 1 rings (SSSR count). The van der Waals surface area contributed by atoms with Gasteiger partial charge in [0.15, 0.2) is 0 Å². The molecule has 1 amide bonds. The molecule has 0 aliphatic rings. The number of benzene rings is 1. The molecule has 0 saturated heterocycles. The maximum atomic E-state index is 11.7. The maximum Gasteiger partial charge on any atom is 0.240 e. The molecule has 1 aromatic rings. The zero-order chi connectivity index (χ0) is 13.5. The van der Waals surface area contributed by atoms with Crippen LogP contribution < -0.4 is 15.0 Å². The summed E-state index contributed by atoms with van der Waals surface area (Å²) in [7, 11) is 3.53. The first kappa shape index (κ1) is 14.5. The van der Waals surface area contributed by atoms with Gasteiger partial charge < -0.3 is 15.0 Å². The highest BCUT2D eigenvalue weighted by molar-refractivity contribution is 5.94. The molecule has 0 aromatic heterocycles. The maximum absolute atomic E-state index is 11.7. The normalized spacial score (nSPS) is 10.5. The second-order valence-electron chi connectivity index (χ2n) is 4.68. The molecule has 1 N–H and O–H groups in total. The molecule has 0 bridgehead atoms. The van der Waals surface area contributed by atoms with Crippen molar-refractivity contribution in [3.8, 4) is 5.75 Å². The molecule has 0 unspecified atom stereocenters. The van der Waals surface area contributed by atoms with Gasteiger partial charge in [-0.1, -0.05) is 13.8 Å². The van der Waals surface area contributed by atoms with Gasteiger partial charge in [-0.2, -0.15) is 0 Å². The Balaban J connectivity index is 2.61. The molecule has 0 saturated carbocycles. The van der Waals surface area contributed by atoms with E-state index in [4.69, 9.17) is 4.74 Å². The van der Waals surface area contributed by atoms with Gasteiger partial charge in [0.2, 0.25) is 5.91 Å². The average Bonchev–Trinajstić information content (AvgIpc) is 2.36. The van der Waals surface area contributed by atoms with Crippen LogP contribution in [0.4, 0.5) is 5.69 Å². The lowest BCUT2D eigenvalue weighted by molar-refractivity contribution is -0.117. The molecule has 0 radical (unpaired) electrons. The summed E-state index contributed by atoms with van der Waals surface area (Å²) in [6, 6.07) is 7.56. The van der Waals surface area contributed by atoms with Crippen LogP contribution in [0.15, 0.2) is 24.3 Å². The number of amides is 1. The predicted molar refractivity (Wildman–Crippen MR) is 74.1 cm³/mol. The standard InChI is InChI=1S/C14H22N2O2/c1-11(2)10-18-13-7-5-12(6-8-13)16(4)14(17)9-15-3/h5-8,11,15H,9-10H2,1-4H3. The third kappa shape index (κ3) is 4.37. The first-order valence-electron chi connectivity index (χ1n) is 6.18. The molecule has 0 spiro atoms. The van der Waals surface area contributed by atoms with Crippen LogP contribution in [-0.2, 0) is 4.79 Å². The molecule has 100 valence electrons. The van der Waals surface area contributed by atoms with Crippen LogP contribution in [0.2, 0.25) is 0 Å². The monoisotopic (exact) mass is 250 g/mol. The number of carbonyl (C=O) groups excluding carboxylic acids is 1. The lowest BCUT2D eigenvalue weighted by atomic mass is 10.2. The number of nitrogens with one attached hydrogen (secondary N) is 1. The van der Waals surface area contributed by atoms with Crippen molar-refractivity contribution in [1.29, 1.82) is 0 Å². The van der Waals surface area contributed by atoms with Gasteiger partial charge in [-0.15, -0.1) is 0 Å². The topological polar surface area (TPSA) is 41.6 Å². The minimum absolute atomic E-state index is 0.0355. The Kier molecular flexibility index (Phi) is 5.65. The van der Waals surface area contributed by atoms with Crippen LogP contribution in [0.1, 0.15) is 13.8 Å². The zero-order valence-electron chi connectivity index (χ0n) is 11.6. The number of nitrogens with zero attached hydrogens (tertiary/aromatic N) is 1. The van der Waals surface area contributed by atoms with E-state index in [9.17, 15) is 4.79 Å². The molecule has 4 nitrogen and oxygen atoms in total. The second-order valence-corrected chi connectivity index (χ2v) is 4.68. The van der Waals surface area contributed by atoms with Crippen molar-refractivity contribution < 1.29 is 9.53 Å². The summed E-state index contributed by atoms with van der Waals surface area (Å²) in [5, 5.41) is 2.85. The van der Waals surface area contributed by atoms with Gasteiger partial charge in [-0.05, 0) is 37.2 Å². The van der Waals surface area contributed by atoms with Crippen molar-refractivity contribution in [3.05, 3.63) is 24.3 Å². The highest BCUT2D eigenvalue weighted by Crippen LogP contribution is 2.19. The molecular formula is C14H22N2O2. The third-order valence-corrected chi connectivity index (χ3v) is 2.51. The Hall–Kier alpha value is -1.55. The smallest absolute Gasteiger partial charge is 0.240 e. The summed E-state index contributed by atoms with van der Waals surface area (Å²) >= 11 is 0. The molecule has 18 heavy (non-hydrogen) atoms. The second kappa shape index (κ2) is 7.01. The first-order valence-corrected chi connectivity index (χ1v) is 6.18. The Morgan fingerprint density at radius 3 is 2.44 bits per heavy atom. The Morgan fingerprint density at radius 1 is 1.33 bits per heavy atom. The highest BCUT2D eigenvalue weighted by Gasteiger charge is 2.09. The Bertz CT molecular complexity index is 374. The van der Waals surface area contributed by atoms with Crippen molar-refractivity contribution in [2.24, 2.45) is 5.92 Å². The fraction of sp³-hybridized carbons (Fsp3) is 0.500. The van der Waals surface area contributed by atoms with Crippen LogP contribution in [0.3, 0.4) is 0 Å². The van der Waals surface area contributed by atoms with E-state index in [-0.39, 0.29) is 5.91 Å². The SMILES string of the molecule is CNCC(=O)N(C)c1ccc(OCC(C)C)cc1. The number of hydrogen-bond donors (Lipinski definition) is 1.